The van der Waals surface area contributed by atoms with Crippen LogP contribution in [0.1, 0.15) is 6.42 Å². The molecule has 0 radical (unpaired) electrons. The van der Waals surface area contributed by atoms with E-state index in [9.17, 15) is 4.79 Å². The van der Waals surface area contributed by atoms with Gasteiger partial charge in [-0.1, -0.05) is 0 Å². The summed E-state index contributed by atoms with van der Waals surface area (Å²) >= 11 is 0. The van der Waals surface area contributed by atoms with Crippen molar-refractivity contribution in [1.82, 2.24) is 5.32 Å². The number of aliphatic carboxylic acids is 1. The van der Waals surface area contributed by atoms with Crippen LogP contribution in [0.15, 0.2) is 0 Å². The molecule has 3 atom stereocenters. The highest BCUT2D eigenvalue weighted by molar-refractivity contribution is 5.74. The van der Waals surface area contributed by atoms with Gasteiger partial charge >= 0.3 is 5.97 Å². The van der Waals surface area contributed by atoms with Crippen molar-refractivity contribution in [1.29, 1.82) is 0 Å². The Balaban J connectivity index is 1.99. The highest BCUT2D eigenvalue weighted by atomic mass is 16.4. The highest BCUT2D eigenvalue weighted by Gasteiger charge is 2.55. The standard InChI is InChI=1S/C7H11NO2/c9-7(10)6-4-1-2-8-3-5(4)6/h4-6,8H,1-3H2,(H,9,10)/t4-,5+,6-/m0/s1. The molecule has 2 N–H and O–H groups in total. The summed E-state index contributed by atoms with van der Waals surface area (Å²) in [5.41, 5.74) is 0. The second-order valence-corrected chi connectivity index (χ2v) is 3.18. The summed E-state index contributed by atoms with van der Waals surface area (Å²) in [4.78, 5) is 10.5. The Morgan fingerprint density at radius 3 is 2.80 bits per heavy atom. The fourth-order valence-corrected chi connectivity index (χ4v) is 2.02. The van der Waals surface area contributed by atoms with Crippen LogP contribution in [0.4, 0.5) is 0 Å². The Hall–Kier alpha value is -0.570. The quantitative estimate of drug-likeness (QED) is 0.537. The van der Waals surface area contributed by atoms with Crippen LogP contribution >= 0.6 is 0 Å². The van der Waals surface area contributed by atoms with E-state index in [1.54, 1.807) is 0 Å². The van der Waals surface area contributed by atoms with Gasteiger partial charge in [0.2, 0.25) is 0 Å². The van der Waals surface area contributed by atoms with Crippen LogP contribution in [0.25, 0.3) is 0 Å². The summed E-state index contributed by atoms with van der Waals surface area (Å²) in [6, 6.07) is 0. The predicted molar refractivity (Wildman–Crippen MR) is 35.6 cm³/mol. The number of carbonyl (C=O) groups is 1. The molecule has 10 heavy (non-hydrogen) atoms. The lowest BCUT2D eigenvalue weighted by Gasteiger charge is -2.07. The van der Waals surface area contributed by atoms with E-state index < -0.39 is 5.97 Å². The van der Waals surface area contributed by atoms with E-state index in [0.29, 0.717) is 11.8 Å². The summed E-state index contributed by atoms with van der Waals surface area (Å²) < 4.78 is 0. The van der Waals surface area contributed by atoms with Crippen LogP contribution in [0.3, 0.4) is 0 Å². The van der Waals surface area contributed by atoms with Gasteiger partial charge < -0.3 is 10.4 Å². The molecule has 0 unspecified atom stereocenters. The van der Waals surface area contributed by atoms with Crippen LogP contribution in [0.5, 0.6) is 0 Å². The molecular weight excluding hydrogens is 130 g/mol. The first-order valence-corrected chi connectivity index (χ1v) is 3.74. The molecule has 0 aromatic heterocycles. The van der Waals surface area contributed by atoms with Gasteiger partial charge in [-0.3, -0.25) is 4.79 Å². The zero-order chi connectivity index (χ0) is 7.14. The summed E-state index contributed by atoms with van der Waals surface area (Å²) in [7, 11) is 0. The third-order valence-corrected chi connectivity index (χ3v) is 2.65. The third-order valence-electron chi connectivity index (χ3n) is 2.65. The molecule has 2 rings (SSSR count). The molecule has 0 bridgehead atoms. The zero-order valence-electron chi connectivity index (χ0n) is 5.71. The molecular formula is C7H11NO2. The Labute approximate surface area is 59.4 Å². The molecule has 3 nitrogen and oxygen atoms in total. The van der Waals surface area contributed by atoms with Crippen LogP contribution in [-0.4, -0.2) is 24.2 Å². The van der Waals surface area contributed by atoms with Crippen LogP contribution in [0, 0.1) is 17.8 Å². The van der Waals surface area contributed by atoms with Gasteiger partial charge in [-0.15, -0.1) is 0 Å². The maximum atomic E-state index is 10.5. The number of carboxylic acids is 1. The van der Waals surface area contributed by atoms with Crippen molar-refractivity contribution in [3.63, 3.8) is 0 Å². The first-order valence-electron chi connectivity index (χ1n) is 3.74. The smallest absolute Gasteiger partial charge is 0.307 e. The largest absolute Gasteiger partial charge is 0.481 e. The molecule has 1 aliphatic heterocycles. The van der Waals surface area contributed by atoms with E-state index in [4.69, 9.17) is 5.11 Å². The van der Waals surface area contributed by atoms with E-state index >= 15 is 0 Å². The van der Waals surface area contributed by atoms with Crippen LogP contribution in [0.2, 0.25) is 0 Å². The van der Waals surface area contributed by atoms with Gasteiger partial charge in [0.15, 0.2) is 0 Å². The lowest BCUT2D eigenvalue weighted by atomic mass is 10.2. The number of nitrogens with one attached hydrogen (secondary N) is 1. The van der Waals surface area contributed by atoms with Crippen LogP contribution < -0.4 is 5.32 Å². The van der Waals surface area contributed by atoms with Gasteiger partial charge in [0.05, 0.1) is 5.92 Å². The minimum atomic E-state index is -0.598. The minimum Gasteiger partial charge on any atom is -0.481 e. The summed E-state index contributed by atoms with van der Waals surface area (Å²) in [6.07, 6.45) is 1.06. The maximum Gasteiger partial charge on any atom is 0.307 e. The van der Waals surface area contributed by atoms with E-state index in [1.165, 1.54) is 0 Å². The SMILES string of the molecule is O=C(O)[C@@H]1[C@@H]2CNCC[C@@H]21. The third kappa shape index (κ3) is 0.736. The highest BCUT2D eigenvalue weighted by Crippen LogP contribution is 2.49. The lowest BCUT2D eigenvalue weighted by Crippen LogP contribution is -2.23. The molecule has 2 fully saturated rings. The fraction of sp³-hybridized carbons (Fsp3) is 0.857. The molecule has 0 aromatic carbocycles. The minimum absolute atomic E-state index is 0.0185. The summed E-state index contributed by atoms with van der Waals surface area (Å²) in [5, 5.41) is 11.9. The number of fused-ring (bicyclic) bond motifs is 1. The summed E-state index contributed by atoms with van der Waals surface area (Å²) in [5.74, 6) is 0.332. The van der Waals surface area contributed by atoms with Crippen molar-refractivity contribution < 1.29 is 9.90 Å². The Bertz CT molecular complexity index is 157. The van der Waals surface area contributed by atoms with Gasteiger partial charge in [0.1, 0.15) is 0 Å². The average Bonchev–Trinajstić information content (AvgIpc) is 2.60. The number of rotatable bonds is 1. The number of hydrogen-bond acceptors (Lipinski definition) is 2. The molecule has 1 saturated carbocycles. The van der Waals surface area contributed by atoms with Gasteiger partial charge in [-0.05, 0) is 31.3 Å². The number of hydrogen-bond donors (Lipinski definition) is 2. The Morgan fingerprint density at radius 1 is 1.50 bits per heavy atom. The van der Waals surface area contributed by atoms with E-state index in [0.717, 1.165) is 19.5 Å². The molecule has 1 heterocycles. The predicted octanol–water partition coefficient (Wildman–Crippen LogP) is -0.0735. The molecule has 1 aliphatic carbocycles. The number of piperidine rings is 1. The van der Waals surface area contributed by atoms with Gasteiger partial charge in [-0.2, -0.15) is 0 Å². The monoisotopic (exact) mass is 141 g/mol. The normalized spacial score (nSPS) is 44.2. The molecule has 3 heteroatoms. The van der Waals surface area contributed by atoms with Crippen LogP contribution in [-0.2, 0) is 4.79 Å². The molecule has 1 saturated heterocycles. The van der Waals surface area contributed by atoms with Crippen molar-refractivity contribution >= 4 is 5.97 Å². The van der Waals surface area contributed by atoms with Crippen molar-refractivity contribution in [2.24, 2.45) is 17.8 Å². The summed E-state index contributed by atoms with van der Waals surface area (Å²) in [6.45, 7) is 1.92. The first-order chi connectivity index (χ1) is 4.80. The molecule has 0 amide bonds. The molecule has 0 aromatic rings. The van der Waals surface area contributed by atoms with Crippen molar-refractivity contribution in [3.05, 3.63) is 0 Å². The maximum absolute atomic E-state index is 10.5. The molecule has 2 aliphatic rings. The van der Waals surface area contributed by atoms with Crippen molar-refractivity contribution in [2.45, 2.75) is 6.42 Å². The van der Waals surface area contributed by atoms with Crippen molar-refractivity contribution in [2.75, 3.05) is 13.1 Å². The topological polar surface area (TPSA) is 49.3 Å². The van der Waals surface area contributed by atoms with E-state index in [-0.39, 0.29) is 5.92 Å². The zero-order valence-corrected chi connectivity index (χ0v) is 5.71. The first kappa shape index (κ1) is 6.16. The van der Waals surface area contributed by atoms with E-state index in [1.807, 2.05) is 0 Å². The Morgan fingerprint density at radius 2 is 2.30 bits per heavy atom. The van der Waals surface area contributed by atoms with Gasteiger partial charge in [0.25, 0.3) is 0 Å². The fourth-order valence-electron chi connectivity index (χ4n) is 2.02. The Kier molecular flexibility index (Phi) is 1.20. The van der Waals surface area contributed by atoms with Crippen molar-refractivity contribution in [3.8, 4) is 0 Å². The second kappa shape index (κ2) is 1.95. The average molecular weight is 141 g/mol. The van der Waals surface area contributed by atoms with Gasteiger partial charge in [-0.25, -0.2) is 0 Å². The van der Waals surface area contributed by atoms with E-state index in [2.05, 4.69) is 5.32 Å². The second-order valence-electron chi connectivity index (χ2n) is 3.18. The lowest BCUT2D eigenvalue weighted by molar-refractivity contribution is -0.139. The number of carboxylic acid groups (broad SMARTS) is 1. The molecule has 0 spiro atoms. The van der Waals surface area contributed by atoms with Gasteiger partial charge in [0, 0.05) is 0 Å². The molecule has 56 valence electrons.